The molecule has 0 radical (unpaired) electrons. The van der Waals surface area contributed by atoms with Crippen molar-refractivity contribution in [1.29, 1.82) is 5.26 Å². The minimum Gasteiger partial charge on any atom is -0.342 e. The van der Waals surface area contributed by atoms with Gasteiger partial charge >= 0.3 is 12.1 Å². The lowest BCUT2D eigenvalue weighted by atomic mass is 9.80. The first-order valence-corrected chi connectivity index (χ1v) is 12.8. The number of anilines is 1. The number of carbonyl (C=O) groups excluding carboxylic acids is 4. The Morgan fingerprint density at radius 2 is 1.95 bits per heavy atom. The fourth-order valence-electron chi connectivity index (χ4n) is 6.52. The van der Waals surface area contributed by atoms with Crippen molar-refractivity contribution in [1.82, 2.24) is 15.1 Å². The Kier molecular flexibility index (Phi) is 5.49. The van der Waals surface area contributed by atoms with Crippen molar-refractivity contribution in [2.45, 2.75) is 61.8 Å². The van der Waals surface area contributed by atoms with Crippen LogP contribution < -0.4 is 10.6 Å². The van der Waals surface area contributed by atoms with Crippen LogP contribution in [0.15, 0.2) is 24.3 Å². The quantitative estimate of drug-likeness (QED) is 0.601. The van der Waals surface area contributed by atoms with Gasteiger partial charge in [0.2, 0.25) is 17.7 Å². The number of para-hydroxylation sites is 1. The average molecular weight is 530 g/mol. The Morgan fingerprint density at radius 3 is 2.63 bits per heavy atom. The summed E-state index contributed by atoms with van der Waals surface area (Å²) in [5.74, 6) is -4.02. The third-order valence-electron chi connectivity index (χ3n) is 8.72. The van der Waals surface area contributed by atoms with Crippen LogP contribution in [0.3, 0.4) is 0 Å². The average Bonchev–Trinajstić information content (AvgIpc) is 3.76. The van der Waals surface area contributed by atoms with Gasteiger partial charge in [0.25, 0.3) is 0 Å². The zero-order chi connectivity index (χ0) is 27.0. The summed E-state index contributed by atoms with van der Waals surface area (Å²) in [4.78, 5) is 54.1. The number of amides is 4. The number of nitrogens with zero attached hydrogens (tertiary/aromatic N) is 3. The van der Waals surface area contributed by atoms with E-state index in [0.717, 1.165) is 12.8 Å². The number of nitriles is 1. The van der Waals surface area contributed by atoms with Crippen LogP contribution in [0.4, 0.5) is 18.9 Å². The van der Waals surface area contributed by atoms with Crippen molar-refractivity contribution in [2.24, 2.45) is 17.8 Å². The summed E-state index contributed by atoms with van der Waals surface area (Å²) in [7, 11) is 0. The van der Waals surface area contributed by atoms with E-state index in [-0.39, 0.29) is 49.6 Å². The molecule has 1 aromatic rings. The van der Waals surface area contributed by atoms with Crippen molar-refractivity contribution >= 4 is 29.3 Å². The van der Waals surface area contributed by atoms with E-state index in [1.165, 1.54) is 4.90 Å². The molecule has 9 nitrogen and oxygen atoms in total. The van der Waals surface area contributed by atoms with Crippen molar-refractivity contribution in [3.05, 3.63) is 29.8 Å². The highest BCUT2D eigenvalue weighted by atomic mass is 19.4. The summed E-state index contributed by atoms with van der Waals surface area (Å²) in [5.41, 5.74) is 0.236. The largest absolute Gasteiger partial charge is 0.471 e. The highest BCUT2D eigenvalue weighted by molar-refractivity contribution is 6.07. The molecule has 4 fully saturated rings. The first-order chi connectivity index (χ1) is 18.0. The third-order valence-corrected chi connectivity index (χ3v) is 8.72. The van der Waals surface area contributed by atoms with Crippen molar-refractivity contribution in [3.63, 3.8) is 0 Å². The molecule has 2 N–H and O–H groups in total. The van der Waals surface area contributed by atoms with Crippen LogP contribution in [0.1, 0.15) is 37.7 Å². The molecule has 2 saturated heterocycles. The molecular formula is C26H26F3N5O4. The molecule has 6 rings (SSSR count). The van der Waals surface area contributed by atoms with Crippen molar-refractivity contribution in [2.75, 3.05) is 18.4 Å². The Balaban J connectivity index is 1.24. The smallest absolute Gasteiger partial charge is 0.342 e. The lowest BCUT2D eigenvalue weighted by Gasteiger charge is -2.31. The normalized spacial score (nSPS) is 31.9. The summed E-state index contributed by atoms with van der Waals surface area (Å²) in [6, 6.07) is 5.95. The second-order valence-corrected chi connectivity index (χ2v) is 11.2. The fourth-order valence-corrected chi connectivity index (χ4v) is 6.52. The number of rotatable bonds is 5. The molecule has 3 aliphatic heterocycles. The molecule has 12 heteroatoms. The minimum atomic E-state index is -5.10. The Bertz CT molecular complexity index is 1270. The van der Waals surface area contributed by atoms with Crippen LogP contribution in [0.2, 0.25) is 0 Å². The van der Waals surface area contributed by atoms with E-state index >= 15 is 0 Å². The number of nitrogens with one attached hydrogen (secondary N) is 2. The van der Waals surface area contributed by atoms with E-state index in [1.807, 2.05) is 0 Å². The van der Waals surface area contributed by atoms with Gasteiger partial charge in [-0.2, -0.15) is 18.4 Å². The number of halogens is 3. The molecule has 5 aliphatic rings. The van der Waals surface area contributed by atoms with Gasteiger partial charge in [0.1, 0.15) is 18.1 Å². The molecule has 1 spiro atoms. The molecule has 0 aromatic heterocycles. The first kappa shape index (κ1) is 24.7. The number of alkyl halides is 3. The van der Waals surface area contributed by atoms with Gasteiger partial charge in [0, 0.05) is 25.2 Å². The molecule has 3 unspecified atom stereocenters. The van der Waals surface area contributed by atoms with Crippen LogP contribution in [-0.2, 0) is 24.6 Å². The van der Waals surface area contributed by atoms with E-state index in [1.54, 1.807) is 24.3 Å². The molecule has 3 heterocycles. The van der Waals surface area contributed by atoms with Gasteiger partial charge in [-0.3, -0.25) is 19.2 Å². The molecule has 2 saturated carbocycles. The zero-order valence-corrected chi connectivity index (χ0v) is 20.3. The van der Waals surface area contributed by atoms with Gasteiger partial charge in [-0.25, -0.2) is 0 Å². The predicted octanol–water partition coefficient (Wildman–Crippen LogP) is 1.70. The fraction of sp³-hybridized carbons (Fsp3) is 0.577. The second-order valence-electron chi connectivity index (χ2n) is 11.2. The third kappa shape index (κ3) is 3.90. The van der Waals surface area contributed by atoms with Crippen LogP contribution in [0, 0.1) is 29.1 Å². The van der Waals surface area contributed by atoms with Crippen LogP contribution in [0.5, 0.6) is 0 Å². The van der Waals surface area contributed by atoms with E-state index < -0.39 is 47.4 Å². The molecule has 1 aromatic carbocycles. The van der Waals surface area contributed by atoms with Gasteiger partial charge in [0.15, 0.2) is 0 Å². The lowest BCUT2D eigenvalue weighted by Crippen LogP contribution is -2.57. The number of piperidine rings is 1. The summed E-state index contributed by atoms with van der Waals surface area (Å²) in [6.07, 6.45) is -2.45. The van der Waals surface area contributed by atoms with Crippen LogP contribution in [0.25, 0.3) is 0 Å². The summed E-state index contributed by atoms with van der Waals surface area (Å²) >= 11 is 0. The van der Waals surface area contributed by atoms with Gasteiger partial charge < -0.3 is 20.4 Å². The topological polar surface area (TPSA) is 123 Å². The maximum atomic E-state index is 13.8. The molecule has 0 bridgehead atoms. The number of fused-ring (bicyclic) bond motifs is 3. The van der Waals surface area contributed by atoms with Crippen molar-refractivity contribution < 1.29 is 32.3 Å². The van der Waals surface area contributed by atoms with E-state index in [2.05, 4.69) is 16.7 Å². The van der Waals surface area contributed by atoms with Gasteiger partial charge in [0.05, 0.1) is 11.5 Å². The molecular weight excluding hydrogens is 503 g/mol. The van der Waals surface area contributed by atoms with E-state index in [9.17, 15) is 37.6 Å². The number of hydrogen-bond acceptors (Lipinski definition) is 5. The summed E-state index contributed by atoms with van der Waals surface area (Å²) < 4.78 is 39.5. The minimum absolute atomic E-state index is 0.0449. The van der Waals surface area contributed by atoms with Crippen LogP contribution in [-0.4, -0.2) is 70.8 Å². The molecule has 4 amide bonds. The monoisotopic (exact) mass is 529 g/mol. The van der Waals surface area contributed by atoms with Gasteiger partial charge in [-0.1, -0.05) is 31.0 Å². The lowest BCUT2D eigenvalue weighted by molar-refractivity contribution is -0.187. The number of carbonyl (C=O) groups is 4. The number of hydrogen-bond donors (Lipinski definition) is 2. The zero-order valence-electron chi connectivity index (χ0n) is 20.3. The first-order valence-electron chi connectivity index (χ1n) is 12.8. The molecule has 38 heavy (non-hydrogen) atoms. The predicted molar refractivity (Wildman–Crippen MR) is 125 cm³/mol. The highest BCUT2D eigenvalue weighted by Crippen LogP contribution is 2.51. The number of likely N-dealkylation sites (tertiary alicyclic amines) is 2. The molecule has 2 aliphatic carbocycles. The molecule has 200 valence electrons. The van der Waals surface area contributed by atoms with E-state index in [4.69, 9.17) is 0 Å². The number of benzene rings is 1. The Morgan fingerprint density at radius 1 is 1.21 bits per heavy atom. The van der Waals surface area contributed by atoms with Gasteiger partial charge in [-0.05, 0) is 42.2 Å². The standard InChI is InChI=1S/C26H26F3N5O4/c27-26(28,29)24(38)33-11-14-8-16(14)20(33)21(35)31-19(7-13-5-6-13)22(36)34-12-25(9-15(34)10-30)17-3-1-2-4-18(17)32-23(25)37/h1-4,13-16,19-20H,5-9,11-12H2,(H,31,35)(H,32,37)/t14?,15-,16?,19-,20?,25-/m0/s1. The Labute approximate surface area is 216 Å². The van der Waals surface area contributed by atoms with E-state index in [0.29, 0.717) is 22.6 Å². The summed E-state index contributed by atoms with van der Waals surface area (Å²) in [5, 5.41) is 15.4. The van der Waals surface area contributed by atoms with Crippen LogP contribution >= 0.6 is 0 Å². The second kappa shape index (κ2) is 8.44. The molecule has 6 atom stereocenters. The maximum Gasteiger partial charge on any atom is 0.471 e. The maximum absolute atomic E-state index is 13.8. The Hall–Kier alpha value is -3.62. The van der Waals surface area contributed by atoms with Crippen molar-refractivity contribution in [3.8, 4) is 6.07 Å². The highest BCUT2D eigenvalue weighted by Gasteiger charge is 2.61. The SMILES string of the molecule is N#C[C@@H]1C[C@@]2(CN1C(=O)[C@H](CC1CC1)NC(=O)C1C3CC3CN1C(=O)C(F)(F)F)C(=O)Nc1ccccc12. The van der Waals surface area contributed by atoms with Gasteiger partial charge in [-0.15, -0.1) is 0 Å². The summed E-state index contributed by atoms with van der Waals surface area (Å²) in [6.45, 7) is -0.182.